The highest BCUT2D eigenvalue weighted by atomic mass is 16.5. The van der Waals surface area contributed by atoms with E-state index in [1.165, 1.54) is 5.56 Å². The molecular weight excluding hydrogens is 328 g/mol. The summed E-state index contributed by atoms with van der Waals surface area (Å²) in [4.78, 5) is 17.3. The van der Waals surface area contributed by atoms with Crippen molar-refractivity contribution >= 4 is 5.91 Å². The van der Waals surface area contributed by atoms with Gasteiger partial charge in [0.2, 0.25) is 0 Å². The minimum atomic E-state index is 0.0195. The van der Waals surface area contributed by atoms with E-state index < -0.39 is 0 Å². The third-order valence-corrected chi connectivity index (χ3v) is 4.76. The Balaban J connectivity index is 1.66. The van der Waals surface area contributed by atoms with E-state index in [-0.39, 0.29) is 5.91 Å². The monoisotopic (exact) mass is 354 g/mol. The molecule has 1 aliphatic rings. The number of rotatable bonds is 5. The Hall–Kier alpha value is -2.53. The molecule has 2 aromatic carbocycles. The molecule has 0 bridgehead atoms. The SMILES string of the molecule is COc1ccc(C(=O)N2CCCN(Cc3ccccc3)CC2)c(OC)c1. The average Bonchev–Trinajstić information content (AvgIpc) is 2.93. The Bertz CT molecular complexity index is 733. The largest absolute Gasteiger partial charge is 0.497 e. The Kier molecular flexibility index (Phi) is 6.12. The van der Waals surface area contributed by atoms with Gasteiger partial charge in [-0.3, -0.25) is 9.69 Å². The van der Waals surface area contributed by atoms with Crippen molar-refractivity contribution < 1.29 is 14.3 Å². The predicted molar refractivity (Wildman–Crippen MR) is 102 cm³/mol. The van der Waals surface area contributed by atoms with Crippen molar-refractivity contribution in [3.8, 4) is 11.5 Å². The van der Waals surface area contributed by atoms with Gasteiger partial charge in [-0.25, -0.2) is 0 Å². The van der Waals surface area contributed by atoms with Crippen LogP contribution in [0.15, 0.2) is 48.5 Å². The van der Waals surface area contributed by atoms with E-state index in [0.29, 0.717) is 17.1 Å². The lowest BCUT2D eigenvalue weighted by Crippen LogP contribution is -2.35. The molecule has 0 spiro atoms. The van der Waals surface area contributed by atoms with E-state index in [4.69, 9.17) is 9.47 Å². The standard InChI is InChI=1S/C21H26N2O3/c1-25-18-9-10-19(20(15-18)26-2)21(24)23-12-6-11-22(13-14-23)16-17-7-4-3-5-8-17/h3-5,7-10,15H,6,11-14,16H2,1-2H3. The quantitative estimate of drug-likeness (QED) is 0.828. The molecule has 3 rings (SSSR count). The number of hydrogen-bond acceptors (Lipinski definition) is 4. The third kappa shape index (κ3) is 4.35. The molecule has 0 N–H and O–H groups in total. The summed E-state index contributed by atoms with van der Waals surface area (Å²) in [5.41, 5.74) is 1.90. The number of ether oxygens (including phenoxy) is 2. The second-order valence-electron chi connectivity index (χ2n) is 6.47. The van der Waals surface area contributed by atoms with Gasteiger partial charge < -0.3 is 14.4 Å². The Morgan fingerprint density at radius 2 is 1.77 bits per heavy atom. The molecule has 1 amide bonds. The van der Waals surface area contributed by atoms with Crippen LogP contribution in [0, 0.1) is 0 Å². The Morgan fingerprint density at radius 1 is 0.962 bits per heavy atom. The normalized spacial score (nSPS) is 15.4. The van der Waals surface area contributed by atoms with Gasteiger partial charge in [0.05, 0.1) is 19.8 Å². The number of hydrogen-bond donors (Lipinski definition) is 0. The summed E-state index contributed by atoms with van der Waals surface area (Å²) in [6.45, 7) is 4.28. The maximum Gasteiger partial charge on any atom is 0.257 e. The third-order valence-electron chi connectivity index (χ3n) is 4.76. The van der Waals surface area contributed by atoms with Crippen LogP contribution in [0.3, 0.4) is 0 Å². The van der Waals surface area contributed by atoms with Gasteiger partial charge in [-0.2, -0.15) is 0 Å². The molecule has 0 unspecified atom stereocenters. The van der Waals surface area contributed by atoms with Crippen LogP contribution in [0.1, 0.15) is 22.3 Å². The van der Waals surface area contributed by atoms with E-state index in [9.17, 15) is 4.79 Å². The van der Waals surface area contributed by atoms with Gasteiger partial charge in [0, 0.05) is 38.8 Å². The van der Waals surface area contributed by atoms with Crippen LogP contribution in [0.25, 0.3) is 0 Å². The fourth-order valence-corrected chi connectivity index (χ4v) is 3.32. The average molecular weight is 354 g/mol. The number of methoxy groups -OCH3 is 2. The number of carbonyl (C=O) groups excluding carboxylic acids is 1. The lowest BCUT2D eigenvalue weighted by molar-refractivity contribution is 0.0757. The summed E-state index contributed by atoms with van der Waals surface area (Å²) < 4.78 is 10.6. The van der Waals surface area contributed by atoms with Crippen molar-refractivity contribution in [1.29, 1.82) is 0 Å². The Labute approximate surface area is 155 Å². The van der Waals surface area contributed by atoms with E-state index in [0.717, 1.165) is 39.1 Å². The molecule has 1 fully saturated rings. The molecule has 5 nitrogen and oxygen atoms in total. The second-order valence-corrected chi connectivity index (χ2v) is 6.47. The van der Waals surface area contributed by atoms with Crippen LogP contribution in [-0.2, 0) is 6.54 Å². The van der Waals surface area contributed by atoms with Crippen LogP contribution in [0.4, 0.5) is 0 Å². The molecule has 0 aliphatic carbocycles. The molecule has 0 radical (unpaired) electrons. The molecular formula is C21H26N2O3. The van der Waals surface area contributed by atoms with Crippen LogP contribution in [-0.4, -0.2) is 56.1 Å². The minimum absolute atomic E-state index is 0.0195. The molecule has 0 atom stereocenters. The lowest BCUT2D eigenvalue weighted by atomic mass is 10.1. The van der Waals surface area contributed by atoms with Crippen molar-refractivity contribution in [2.75, 3.05) is 40.4 Å². The molecule has 1 heterocycles. The van der Waals surface area contributed by atoms with Gasteiger partial charge in [-0.05, 0) is 24.1 Å². The van der Waals surface area contributed by atoms with Gasteiger partial charge in [0.25, 0.3) is 5.91 Å². The van der Waals surface area contributed by atoms with E-state index in [2.05, 4.69) is 29.2 Å². The molecule has 1 saturated heterocycles. The lowest BCUT2D eigenvalue weighted by Gasteiger charge is -2.23. The van der Waals surface area contributed by atoms with Gasteiger partial charge in [0.1, 0.15) is 11.5 Å². The second kappa shape index (κ2) is 8.72. The smallest absolute Gasteiger partial charge is 0.257 e. The maximum absolute atomic E-state index is 13.0. The zero-order chi connectivity index (χ0) is 18.4. The van der Waals surface area contributed by atoms with E-state index in [1.54, 1.807) is 32.4 Å². The van der Waals surface area contributed by atoms with Crippen molar-refractivity contribution in [3.63, 3.8) is 0 Å². The van der Waals surface area contributed by atoms with E-state index in [1.807, 2.05) is 11.0 Å². The summed E-state index contributed by atoms with van der Waals surface area (Å²) in [5.74, 6) is 1.26. The summed E-state index contributed by atoms with van der Waals surface area (Å²) in [7, 11) is 3.18. The van der Waals surface area contributed by atoms with Crippen molar-refractivity contribution in [1.82, 2.24) is 9.80 Å². The van der Waals surface area contributed by atoms with E-state index >= 15 is 0 Å². The minimum Gasteiger partial charge on any atom is -0.497 e. The number of benzene rings is 2. The maximum atomic E-state index is 13.0. The van der Waals surface area contributed by atoms with Crippen LogP contribution in [0.5, 0.6) is 11.5 Å². The van der Waals surface area contributed by atoms with Crippen molar-refractivity contribution in [3.05, 3.63) is 59.7 Å². The van der Waals surface area contributed by atoms with Crippen LogP contribution in [0.2, 0.25) is 0 Å². The highest BCUT2D eigenvalue weighted by Gasteiger charge is 2.23. The fourth-order valence-electron chi connectivity index (χ4n) is 3.32. The Morgan fingerprint density at radius 3 is 2.50 bits per heavy atom. The fraction of sp³-hybridized carbons (Fsp3) is 0.381. The first kappa shape index (κ1) is 18.3. The molecule has 5 heteroatoms. The predicted octanol–water partition coefficient (Wildman–Crippen LogP) is 3.05. The van der Waals surface area contributed by atoms with Gasteiger partial charge >= 0.3 is 0 Å². The topological polar surface area (TPSA) is 42.0 Å². The molecule has 0 aromatic heterocycles. The molecule has 26 heavy (non-hydrogen) atoms. The number of carbonyl (C=O) groups is 1. The van der Waals surface area contributed by atoms with Crippen LogP contribution >= 0.6 is 0 Å². The first-order valence-corrected chi connectivity index (χ1v) is 8.99. The molecule has 138 valence electrons. The molecule has 1 aliphatic heterocycles. The molecule has 0 saturated carbocycles. The van der Waals surface area contributed by atoms with Crippen LogP contribution < -0.4 is 9.47 Å². The summed E-state index contributed by atoms with van der Waals surface area (Å²) >= 11 is 0. The highest BCUT2D eigenvalue weighted by Crippen LogP contribution is 2.26. The number of amides is 1. The summed E-state index contributed by atoms with van der Waals surface area (Å²) in [5, 5.41) is 0. The number of nitrogens with zero attached hydrogens (tertiary/aromatic N) is 2. The zero-order valence-electron chi connectivity index (χ0n) is 15.5. The first-order valence-electron chi connectivity index (χ1n) is 8.99. The first-order chi connectivity index (χ1) is 12.7. The van der Waals surface area contributed by atoms with Gasteiger partial charge in [-0.1, -0.05) is 30.3 Å². The zero-order valence-corrected chi connectivity index (χ0v) is 15.5. The summed E-state index contributed by atoms with van der Waals surface area (Å²) in [6, 6.07) is 15.8. The van der Waals surface area contributed by atoms with Crippen molar-refractivity contribution in [2.45, 2.75) is 13.0 Å². The van der Waals surface area contributed by atoms with Crippen molar-refractivity contribution in [2.24, 2.45) is 0 Å². The van der Waals surface area contributed by atoms with Gasteiger partial charge in [-0.15, -0.1) is 0 Å². The van der Waals surface area contributed by atoms with Gasteiger partial charge in [0.15, 0.2) is 0 Å². The summed E-state index contributed by atoms with van der Waals surface area (Å²) in [6.07, 6.45) is 0.969. The highest BCUT2D eigenvalue weighted by molar-refractivity contribution is 5.97. The molecule has 2 aromatic rings.